The molecule has 1 aliphatic heterocycles. The number of piperazine rings is 1. The average Bonchev–Trinajstić information content (AvgIpc) is 2.71. The largest absolute Gasteiger partial charge is 0.347 e. The average molecular weight is 535 g/mol. The molecular weight excluding hydrogens is 500 g/mol. The highest BCUT2D eigenvalue weighted by molar-refractivity contribution is 6.42. The molecule has 2 aromatic carbocycles. The summed E-state index contributed by atoms with van der Waals surface area (Å²) in [5.74, 6) is -0.00169. The van der Waals surface area contributed by atoms with Gasteiger partial charge in [0.1, 0.15) is 0 Å². The van der Waals surface area contributed by atoms with Gasteiger partial charge in [0.2, 0.25) is 0 Å². The number of halogens is 4. The summed E-state index contributed by atoms with van der Waals surface area (Å²) in [5, 5.41) is 4.48. The second kappa shape index (κ2) is 13.2. The second-order valence-corrected chi connectivity index (χ2v) is 10.4. The van der Waals surface area contributed by atoms with E-state index in [2.05, 4.69) is 35.9 Å². The molecule has 0 spiro atoms. The Hall–Kier alpha value is -1.01. The van der Waals surface area contributed by atoms with Crippen LogP contribution < -0.4 is 5.32 Å². The molecule has 33 heavy (non-hydrogen) atoms. The lowest BCUT2D eigenvalue weighted by Crippen LogP contribution is -2.54. The molecular formula is C25H35Cl4N3O. The highest BCUT2D eigenvalue weighted by Crippen LogP contribution is 2.24. The Bertz CT molecular complexity index is 892. The molecule has 1 fully saturated rings. The first-order valence-corrected chi connectivity index (χ1v) is 11.6. The first kappa shape index (κ1) is 30.0. The number of benzene rings is 2. The maximum Gasteiger partial charge on any atom is 0.251 e. The molecule has 8 heteroatoms. The number of nitrogens with one attached hydrogen (secondary N) is 1. The van der Waals surface area contributed by atoms with Gasteiger partial charge in [0.25, 0.3) is 5.91 Å². The fourth-order valence-corrected chi connectivity index (χ4v) is 4.09. The van der Waals surface area contributed by atoms with Gasteiger partial charge in [-0.2, -0.15) is 0 Å². The molecule has 1 heterocycles. The Labute approximate surface area is 220 Å². The van der Waals surface area contributed by atoms with Crippen LogP contribution in [0.25, 0.3) is 0 Å². The van der Waals surface area contributed by atoms with E-state index in [1.807, 2.05) is 49.4 Å². The zero-order chi connectivity index (χ0) is 22.6. The van der Waals surface area contributed by atoms with E-state index in [4.69, 9.17) is 23.2 Å². The molecule has 0 bridgehead atoms. The minimum Gasteiger partial charge on any atom is -0.347 e. The molecule has 0 aromatic heterocycles. The van der Waals surface area contributed by atoms with Crippen LogP contribution >= 0.6 is 48.0 Å². The topological polar surface area (TPSA) is 35.6 Å². The predicted molar refractivity (Wildman–Crippen MR) is 145 cm³/mol. The molecule has 4 nitrogen and oxygen atoms in total. The fraction of sp³-hybridized carbons (Fsp3) is 0.480. The van der Waals surface area contributed by atoms with Crippen LogP contribution in [0.15, 0.2) is 42.5 Å². The third kappa shape index (κ3) is 8.93. The standard InChI is InChI=1S/C25H33Cl2N3O.2ClH/c1-18-5-8-20(9-6-18)24(31)28-23(25(2,3)4)17-30-13-11-29(12-14-30)16-19-7-10-21(26)22(27)15-19;;/h5-10,15,23H,11-14,16-17H2,1-4H3,(H,28,31);2*1H/t23-;;/m1../s1. The molecule has 0 unspecified atom stereocenters. The fourth-order valence-electron chi connectivity index (χ4n) is 3.77. The van der Waals surface area contributed by atoms with Crippen LogP contribution in [0, 0.1) is 12.3 Å². The molecule has 1 amide bonds. The maximum atomic E-state index is 12.8. The van der Waals surface area contributed by atoms with E-state index in [0.717, 1.165) is 44.8 Å². The van der Waals surface area contributed by atoms with Crippen LogP contribution in [-0.4, -0.2) is 54.5 Å². The van der Waals surface area contributed by atoms with Crippen molar-refractivity contribution in [1.82, 2.24) is 15.1 Å². The van der Waals surface area contributed by atoms with Crippen LogP contribution in [0.1, 0.15) is 42.3 Å². The van der Waals surface area contributed by atoms with Gasteiger partial charge >= 0.3 is 0 Å². The van der Waals surface area contributed by atoms with Crippen molar-refractivity contribution in [2.45, 2.75) is 40.3 Å². The molecule has 1 saturated heterocycles. The highest BCUT2D eigenvalue weighted by atomic mass is 35.5. The maximum absolute atomic E-state index is 12.8. The van der Waals surface area contributed by atoms with E-state index in [-0.39, 0.29) is 42.2 Å². The molecule has 1 atom stereocenters. The highest BCUT2D eigenvalue weighted by Gasteiger charge is 2.30. The van der Waals surface area contributed by atoms with Crippen molar-refractivity contribution in [2.75, 3.05) is 32.7 Å². The number of carbonyl (C=O) groups excluding carboxylic acids is 1. The third-order valence-corrected chi connectivity index (χ3v) is 6.70. The molecule has 1 aliphatic rings. The smallest absolute Gasteiger partial charge is 0.251 e. The quantitative estimate of drug-likeness (QED) is 0.485. The number of rotatable bonds is 6. The van der Waals surface area contributed by atoms with E-state index in [1.165, 1.54) is 5.56 Å². The molecule has 1 N–H and O–H groups in total. The summed E-state index contributed by atoms with van der Waals surface area (Å²) in [7, 11) is 0. The van der Waals surface area contributed by atoms with Crippen LogP contribution in [0.2, 0.25) is 10.0 Å². The summed E-state index contributed by atoms with van der Waals surface area (Å²) in [6, 6.07) is 13.7. The summed E-state index contributed by atoms with van der Waals surface area (Å²) in [6.07, 6.45) is 0. The minimum atomic E-state index is -0.0302. The summed E-state index contributed by atoms with van der Waals surface area (Å²) in [6.45, 7) is 14.3. The second-order valence-electron chi connectivity index (χ2n) is 9.58. The van der Waals surface area contributed by atoms with Gasteiger partial charge < -0.3 is 5.32 Å². The lowest BCUT2D eigenvalue weighted by atomic mass is 9.86. The monoisotopic (exact) mass is 533 g/mol. The van der Waals surface area contributed by atoms with E-state index in [1.54, 1.807) is 0 Å². The Morgan fingerprint density at radius 1 is 0.939 bits per heavy atom. The Morgan fingerprint density at radius 2 is 1.52 bits per heavy atom. The van der Waals surface area contributed by atoms with Crippen LogP contribution in [0.4, 0.5) is 0 Å². The number of carbonyl (C=O) groups is 1. The van der Waals surface area contributed by atoms with Crippen molar-refractivity contribution >= 4 is 53.9 Å². The van der Waals surface area contributed by atoms with Gasteiger partial charge in [-0.3, -0.25) is 14.6 Å². The number of hydrogen-bond acceptors (Lipinski definition) is 3. The molecule has 0 saturated carbocycles. The van der Waals surface area contributed by atoms with Gasteiger partial charge in [-0.15, -0.1) is 24.8 Å². The Balaban J connectivity index is 0.00000272. The van der Waals surface area contributed by atoms with Crippen molar-refractivity contribution < 1.29 is 4.79 Å². The Kier molecular flexibility index (Phi) is 12.0. The van der Waals surface area contributed by atoms with Gasteiger partial charge in [-0.25, -0.2) is 0 Å². The first-order chi connectivity index (χ1) is 14.6. The number of hydrogen-bond donors (Lipinski definition) is 1. The lowest BCUT2D eigenvalue weighted by Gasteiger charge is -2.40. The van der Waals surface area contributed by atoms with Crippen molar-refractivity contribution in [3.05, 3.63) is 69.2 Å². The summed E-state index contributed by atoms with van der Waals surface area (Å²) >= 11 is 12.2. The van der Waals surface area contributed by atoms with E-state index in [9.17, 15) is 4.79 Å². The van der Waals surface area contributed by atoms with Gasteiger partial charge in [0, 0.05) is 50.9 Å². The first-order valence-electron chi connectivity index (χ1n) is 10.9. The van der Waals surface area contributed by atoms with Crippen LogP contribution in [0.5, 0.6) is 0 Å². The molecule has 0 aliphatic carbocycles. The van der Waals surface area contributed by atoms with Gasteiger partial charge in [-0.1, -0.05) is 67.7 Å². The summed E-state index contributed by atoms with van der Waals surface area (Å²) in [4.78, 5) is 17.7. The SMILES string of the molecule is Cc1ccc(C(=O)N[C@H](CN2CCN(Cc3ccc(Cl)c(Cl)c3)CC2)C(C)(C)C)cc1.Cl.Cl. The Morgan fingerprint density at radius 3 is 2.06 bits per heavy atom. The molecule has 2 aromatic rings. The molecule has 0 radical (unpaired) electrons. The number of aryl methyl sites for hydroxylation is 1. The van der Waals surface area contributed by atoms with Crippen molar-refractivity contribution in [2.24, 2.45) is 5.41 Å². The van der Waals surface area contributed by atoms with Crippen LogP contribution in [0.3, 0.4) is 0 Å². The number of nitrogens with zero attached hydrogens (tertiary/aromatic N) is 2. The van der Waals surface area contributed by atoms with E-state index >= 15 is 0 Å². The predicted octanol–water partition coefficient (Wildman–Crippen LogP) is 6.11. The summed E-state index contributed by atoms with van der Waals surface area (Å²) < 4.78 is 0. The summed E-state index contributed by atoms with van der Waals surface area (Å²) in [5.41, 5.74) is 3.02. The van der Waals surface area contributed by atoms with Crippen molar-refractivity contribution in [1.29, 1.82) is 0 Å². The van der Waals surface area contributed by atoms with Crippen LogP contribution in [-0.2, 0) is 6.54 Å². The third-order valence-electron chi connectivity index (χ3n) is 5.96. The minimum absolute atomic E-state index is 0. The van der Waals surface area contributed by atoms with Crippen molar-refractivity contribution in [3.8, 4) is 0 Å². The zero-order valence-electron chi connectivity index (χ0n) is 19.7. The number of amides is 1. The molecule has 3 rings (SSSR count). The molecule has 184 valence electrons. The lowest BCUT2D eigenvalue weighted by molar-refractivity contribution is 0.0790. The van der Waals surface area contributed by atoms with Gasteiger partial charge in [-0.05, 0) is 42.2 Å². The zero-order valence-corrected chi connectivity index (χ0v) is 22.9. The van der Waals surface area contributed by atoms with E-state index < -0.39 is 0 Å². The normalized spacial score (nSPS) is 15.8. The van der Waals surface area contributed by atoms with Gasteiger partial charge in [0.05, 0.1) is 10.0 Å². The van der Waals surface area contributed by atoms with E-state index in [0.29, 0.717) is 15.6 Å². The van der Waals surface area contributed by atoms with Gasteiger partial charge in [0.15, 0.2) is 0 Å². The van der Waals surface area contributed by atoms with Crippen molar-refractivity contribution in [3.63, 3.8) is 0 Å².